The van der Waals surface area contributed by atoms with Crippen molar-refractivity contribution in [2.75, 3.05) is 17.6 Å². The average Bonchev–Trinajstić information content (AvgIpc) is 2.82. The van der Waals surface area contributed by atoms with Crippen LogP contribution in [0.4, 0.5) is 10.5 Å². The Morgan fingerprint density at radius 2 is 1.75 bits per heavy atom. The number of aryl methyl sites for hydroxylation is 2. The van der Waals surface area contributed by atoms with E-state index in [9.17, 15) is 14.4 Å². The predicted molar refractivity (Wildman–Crippen MR) is 147 cm³/mol. The lowest BCUT2D eigenvalue weighted by Crippen LogP contribution is -2.53. The Morgan fingerprint density at radius 3 is 2.28 bits per heavy atom. The number of thiol groups is 1. The molecular formula is C28H37N3O4S. The van der Waals surface area contributed by atoms with Crippen LogP contribution < -0.4 is 10.6 Å². The zero-order valence-electron chi connectivity index (χ0n) is 21.7. The summed E-state index contributed by atoms with van der Waals surface area (Å²) >= 11 is 4.29. The molecule has 0 saturated carbocycles. The second-order valence-electron chi connectivity index (χ2n) is 9.46. The van der Waals surface area contributed by atoms with Crippen LogP contribution in [0.1, 0.15) is 50.4 Å². The first-order chi connectivity index (χ1) is 17.0. The van der Waals surface area contributed by atoms with Crippen molar-refractivity contribution in [2.45, 2.75) is 58.7 Å². The van der Waals surface area contributed by atoms with Crippen LogP contribution in [0.3, 0.4) is 0 Å². The van der Waals surface area contributed by atoms with Crippen LogP contribution in [0.15, 0.2) is 61.2 Å². The number of carbonyl (C=O) groups excluding carboxylic acids is 3. The van der Waals surface area contributed by atoms with Crippen LogP contribution in [0.2, 0.25) is 0 Å². The van der Waals surface area contributed by atoms with Crippen molar-refractivity contribution in [1.29, 1.82) is 0 Å². The maximum Gasteiger partial charge on any atom is 0.408 e. The Bertz CT molecular complexity index is 1060. The first kappa shape index (κ1) is 29.0. The van der Waals surface area contributed by atoms with E-state index in [1.807, 2.05) is 62.4 Å². The first-order valence-electron chi connectivity index (χ1n) is 12.0. The molecule has 0 aliphatic heterocycles. The van der Waals surface area contributed by atoms with Crippen molar-refractivity contribution >= 4 is 36.2 Å². The second kappa shape index (κ2) is 13.2. The number of para-hydroxylation sites is 1. The molecule has 7 nitrogen and oxygen atoms in total. The number of benzene rings is 2. The highest BCUT2D eigenvalue weighted by Crippen LogP contribution is 2.26. The number of nitrogens with zero attached hydrogens (tertiary/aromatic N) is 1. The van der Waals surface area contributed by atoms with E-state index in [1.165, 1.54) is 4.90 Å². The molecule has 0 radical (unpaired) electrons. The third-order valence-electron chi connectivity index (χ3n) is 5.45. The maximum absolute atomic E-state index is 13.7. The van der Waals surface area contributed by atoms with Gasteiger partial charge in [-0.25, -0.2) is 4.79 Å². The van der Waals surface area contributed by atoms with Gasteiger partial charge in [-0.3, -0.25) is 9.59 Å². The van der Waals surface area contributed by atoms with Crippen LogP contribution in [-0.4, -0.2) is 46.7 Å². The lowest BCUT2D eigenvalue weighted by atomic mass is 10.0. The third-order valence-corrected chi connectivity index (χ3v) is 5.81. The molecule has 0 heterocycles. The molecule has 2 atom stereocenters. The van der Waals surface area contributed by atoms with Crippen molar-refractivity contribution in [3.05, 3.63) is 77.9 Å². The van der Waals surface area contributed by atoms with Gasteiger partial charge in [0.25, 0.3) is 5.91 Å². The lowest BCUT2D eigenvalue weighted by molar-refractivity contribution is -0.139. The topological polar surface area (TPSA) is 87.7 Å². The fraction of sp³-hybridized carbons (Fsp3) is 0.393. The summed E-state index contributed by atoms with van der Waals surface area (Å²) in [5.41, 5.74) is 2.57. The van der Waals surface area contributed by atoms with Gasteiger partial charge in [0.2, 0.25) is 5.91 Å². The molecular weight excluding hydrogens is 474 g/mol. The summed E-state index contributed by atoms with van der Waals surface area (Å²) in [6.07, 6.45) is 1.66. The van der Waals surface area contributed by atoms with E-state index in [-0.39, 0.29) is 18.2 Å². The summed E-state index contributed by atoms with van der Waals surface area (Å²) in [6.45, 7) is 13.0. The van der Waals surface area contributed by atoms with Crippen LogP contribution in [0, 0.1) is 6.92 Å². The highest BCUT2D eigenvalue weighted by molar-refractivity contribution is 7.80. The summed E-state index contributed by atoms with van der Waals surface area (Å²) in [4.78, 5) is 41.2. The lowest BCUT2D eigenvalue weighted by Gasteiger charge is -2.33. The highest BCUT2D eigenvalue weighted by atomic mass is 32.1. The molecule has 2 aromatic rings. The predicted octanol–water partition coefficient (Wildman–Crippen LogP) is 5.07. The number of nitrogens with one attached hydrogen (secondary N) is 2. The van der Waals surface area contributed by atoms with Gasteiger partial charge in [0, 0.05) is 18.0 Å². The number of carbonyl (C=O) groups is 3. The molecule has 2 N–H and O–H groups in total. The van der Waals surface area contributed by atoms with E-state index in [4.69, 9.17) is 4.74 Å². The second-order valence-corrected chi connectivity index (χ2v) is 9.83. The van der Waals surface area contributed by atoms with E-state index in [0.717, 1.165) is 17.5 Å². The van der Waals surface area contributed by atoms with E-state index in [1.54, 1.807) is 26.8 Å². The van der Waals surface area contributed by atoms with Crippen LogP contribution in [0.25, 0.3) is 0 Å². The van der Waals surface area contributed by atoms with E-state index >= 15 is 0 Å². The Kier molecular flexibility index (Phi) is 10.6. The van der Waals surface area contributed by atoms with Gasteiger partial charge in [-0.2, -0.15) is 12.6 Å². The van der Waals surface area contributed by atoms with Crippen molar-refractivity contribution < 1.29 is 19.1 Å². The van der Waals surface area contributed by atoms with Crippen molar-refractivity contribution in [1.82, 2.24) is 10.2 Å². The quantitative estimate of drug-likeness (QED) is 0.307. The summed E-state index contributed by atoms with van der Waals surface area (Å²) in [5.74, 6) is -0.828. The Hall–Kier alpha value is -3.26. The summed E-state index contributed by atoms with van der Waals surface area (Å²) in [7, 11) is 0. The third kappa shape index (κ3) is 8.16. The Labute approximate surface area is 219 Å². The molecule has 36 heavy (non-hydrogen) atoms. The molecule has 194 valence electrons. The minimum atomic E-state index is -1.01. The van der Waals surface area contributed by atoms with Gasteiger partial charge in [0.1, 0.15) is 17.7 Å². The summed E-state index contributed by atoms with van der Waals surface area (Å²) < 4.78 is 5.32. The fourth-order valence-corrected chi connectivity index (χ4v) is 3.87. The van der Waals surface area contributed by atoms with Gasteiger partial charge >= 0.3 is 6.09 Å². The van der Waals surface area contributed by atoms with Gasteiger partial charge < -0.3 is 20.3 Å². The average molecular weight is 512 g/mol. The van der Waals surface area contributed by atoms with Gasteiger partial charge in [0.05, 0.1) is 0 Å². The molecule has 0 bridgehead atoms. The van der Waals surface area contributed by atoms with Gasteiger partial charge in [-0.15, -0.1) is 6.58 Å². The maximum atomic E-state index is 13.7. The molecule has 0 aromatic heterocycles. The number of anilines is 1. The normalized spacial score (nSPS) is 12.7. The molecule has 2 rings (SSSR count). The number of hydrogen-bond donors (Lipinski definition) is 3. The van der Waals surface area contributed by atoms with E-state index < -0.39 is 29.7 Å². The number of alkyl carbamates (subject to hydrolysis) is 1. The van der Waals surface area contributed by atoms with E-state index in [2.05, 4.69) is 29.8 Å². The summed E-state index contributed by atoms with van der Waals surface area (Å²) in [5, 5.41) is 5.55. The minimum absolute atomic E-state index is 0.0205. The van der Waals surface area contributed by atoms with Gasteiger partial charge in [-0.05, 0) is 56.9 Å². The standard InChI is InChI=1S/C28H37N3O4S/c1-7-17-31(26(33)23(18-36)30-27(34)35-28(4,5)6)24(21-15-13-20(8-2)14-16-21)25(32)29-22-12-10-9-11-19(22)3/h7,9-16,23-24,36H,1,8,17-18H2,2-6H3,(H,29,32)(H,30,34). The smallest absolute Gasteiger partial charge is 0.408 e. The number of amides is 3. The first-order valence-corrected chi connectivity index (χ1v) is 12.6. The molecule has 0 fully saturated rings. The minimum Gasteiger partial charge on any atom is -0.444 e. The number of ether oxygens (including phenoxy) is 1. The Morgan fingerprint density at radius 1 is 1.11 bits per heavy atom. The zero-order valence-corrected chi connectivity index (χ0v) is 22.6. The van der Waals surface area contributed by atoms with Crippen molar-refractivity contribution in [2.24, 2.45) is 0 Å². The molecule has 8 heteroatoms. The van der Waals surface area contributed by atoms with Gasteiger partial charge in [-0.1, -0.05) is 55.5 Å². The van der Waals surface area contributed by atoms with Gasteiger partial charge in [0.15, 0.2) is 0 Å². The van der Waals surface area contributed by atoms with Crippen LogP contribution >= 0.6 is 12.6 Å². The largest absolute Gasteiger partial charge is 0.444 e. The SMILES string of the molecule is C=CCN(C(=O)C(CS)NC(=O)OC(C)(C)C)C(C(=O)Nc1ccccc1C)c1ccc(CC)cc1. The number of rotatable bonds is 10. The summed E-state index contributed by atoms with van der Waals surface area (Å²) in [6, 6.07) is 13.0. The van der Waals surface area contributed by atoms with Crippen molar-refractivity contribution in [3.63, 3.8) is 0 Å². The monoisotopic (exact) mass is 511 g/mol. The Balaban J connectivity index is 2.46. The molecule has 3 amide bonds. The molecule has 2 aromatic carbocycles. The van der Waals surface area contributed by atoms with Crippen LogP contribution in [-0.2, 0) is 20.7 Å². The van der Waals surface area contributed by atoms with E-state index in [0.29, 0.717) is 11.3 Å². The molecule has 0 spiro atoms. The molecule has 2 unspecified atom stereocenters. The number of hydrogen-bond acceptors (Lipinski definition) is 5. The molecule has 0 aliphatic rings. The molecule has 0 aliphatic carbocycles. The van der Waals surface area contributed by atoms with Crippen molar-refractivity contribution in [3.8, 4) is 0 Å². The highest BCUT2D eigenvalue weighted by Gasteiger charge is 2.35. The fourth-order valence-electron chi connectivity index (χ4n) is 3.62. The molecule has 0 saturated heterocycles. The van der Waals surface area contributed by atoms with Crippen LogP contribution in [0.5, 0.6) is 0 Å². The zero-order chi connectivity index (χ0) is 26.9.